The second-order valence-corrected chi connectivity index (χ2v) is 6.86. The minimum Gasteiger partial charge on any atom is -0.486 e. The van der Waals surface area contributed by atoms with E-state index in [-0.39, 0.29) is 12.3 Å². The fraction of sp³-hybridized carbons (Fsp3) is 0.389. The number of nitrogens with two attached hydrogens (primary N) is 1. The van der Waals surface area contributed by atoms with Crippen LogP contribution in [0.4, 0.5) is 0 Å². The van der Waals surface area contributed by atoms with E-state index in [1.807, 2.05) is 22.9 Å². The first kappa shape index (κ1) is 16.7. The lowest BCUT2D eigenvalue weighted by molar-refractivity contribution is -0.117. The molecule has 144 valence electrons. The number of amides is 1. The van der Waals surface area contributed by atoms with E-state index in [1.54, 1.807) is 11.0 Å². The van der Waals surface area contributed by atoms with Crippen LogP contribution in [0.25, 0.3) is 5.69 Å². The van der Waals surface area contributed by atoms with E-state index in [9.17, 15) is 4.79 Å². The zero-order valence-corrected chi connectivity index (χ0v) is 15.1. The van der Waals surface area contributed by atoms with Gasteiger partial charge in [0.1, 0.15) is 31.2 Å². The zero-order valence-electron chi connectivity index (χ0n) is 15.1. The molecular formula is C18H19N7O3. The number of carbonyl (C=O) groups is 1. The lowest BCUT2D eigenvalue weighted by atomic mass is 9.97. The van der Waals surface area contributed by atoms with E-state index in [1.165, 1.54) is 0 Å². The molecule has 2 aliphatic heterocycles. The van der Waals surface area contributed by atoms with Gasteiger partial charge in [0.2, 0.25) is 5.91 Å². The van der Waals surface area contributed by atoms with E-state index >= 15 is 0 Å². The average molecular weight is 381 g/mol. The van der Waals surface area contributed by atoms with Gasteiger partial charge in [0.05, 0.1) is 12.1 Å². The summed E-state index contributed by atoms with van der Waals surface area (Å²) in [6, 6.07) is 5.65. The number of aryl methyl sites for hydroxylation is 1. The van der Waals surface area contributed by atoms with Crippen LogP contribution >= 0.6 is 0 Å². The van der Waals surface area contributed by atoms with Gasteiger partial charge in [-0.15, -0.1) is 0 Å². The maximum Gasteiger partial charge on any atom is 0.225 e. The molecule has 1 atom stereocenters. The third-order valence-corrected chi connectivity index (χ3v) is 4.96. The van der Waals surface area contributed by atoms with Gasteiger partial charge in [0, 0.05) is 24.9 Å². The minimum atomic E-state index is -0.464. The Morgan fingerprint density at radius 1 is 1.25 bits per heavy atom. The SMILES string of the molecule is NC(=O)Cc1nc(C2CCn3ncnc3C2)n(-c2ccc3c(c2)OCCO3)n1. The number of carbonyl (C=O) groups excluding carboxylic acids is 1. The van der Waals surface area contributed by atoms with Crippen molar-refractivity contribution in [2.24, 2.45) is 5.73 Å². The molecule has 28 heavy (non-hydrogen) atoms. The van der Waals surface area contributed by atoms with Crippen molar-refractivity contribution in [2.45, 2.75) is 31.7 Å². The number of benzene rings is 1. The van der Waals surface area contributed by atoms with E-state index in [0.29, 0.717) is 37.0 Å². The summed E-state index contributed by atoms with van der Waals surface area (Å²) in [7, 11) is 0. The highest BCUT2D eigenvalue weighted by molar-refractivity contribution is 5.75. The number of primary amides is 1. The van der Waals surface area contributed by atoms with Crippen molar-refractivity contribution in [3.8, 4) is 17.2 Å². The van der Waals surface area contributed by atoms with E-state index in [4.69, 9.17) is 15.2 Å². The van der Waals surface area contributed by atoms with Crippen LogP contribution in [0, 0.1) is 0 Å². The molecule has 3 aromatic rings. The Bertz CT molecular complexity index is 1040. The molecule has 2 N–H and O–H groups in total. The molecule has 2 aliphatic rings. The van der Waals surface area contributed by atoms with Gasteiger partial charge in [-0.2, -0.15) is 10.2 Å². The highest BCUT2D eigenvalue weighted by Gasteiger charge is 2.28. The minimum absolute atomic E-state index is 0.00649. The smallest absolute Gasteiger partial charge is 0.225 e. The summed E-state index contributed by atoms with van der Waals surface area (Å²) in [5, 5.41) is 8.78. The number of fused-ring (bicyclic) bond motifs is 2. The maximum atomic E-state index is 11.4. The number of hydrogen-bond acceptors (Lipinski definition) is 7. The monoisotopic (exact) mass is 381 g/mol. The molecule has 5 rings (SSSR count). The lowest BCUT2D eigenvalue weighted by Crippen LogP contribution is -2.22. The molecule has 10 nitrogen and oxygen atoms in total. The van der Waals surface area contributed by atoms with Crippen molar-refractivity contribution in [3.63, 3.8) is 0 Å². The van der Waals surface area contributed by atoms with E-state index in [0.717, 1.165) is 30.3 Å². The summed E-state index contributed by atoms with van der Waals surface area (Å²) < 4.78 is 15.0. The van der Waals surface area contributed by atoms with Gasteiger partial charge < -0.3 is 15.2 Å². The van der Waals surface area contributed by atoms with Crippen molar-refractivity contribution in [3.05, 3.63) is 42.0 Å². The maximum absolute atomic E-state index is 11.4. The molecule has 0 spiro atoms. The van der Waals surface area contributed by atoms with Crippen LogP contribution in [0.5, 0.6) is 11.5 Å². The van der Waals surface area contributed by atoms with Gasteiger partial charge >= 0.3 is 0 Å². The van der Waals surface area contributed by atoms with Gasteiger partial charge in [0.15, 0.2) is 17.3 Å². The van der Waals surface area contributed by atoms with Crippen LogP contribution in [0.2, 0.25) is 0 Å². The zero-order chi connectivity index (χ0) is 19.1. The summed E-state index contributed by atoms with van der Waals surface area (Å²) in [5.41, 5.74) is 6.16. The predicted molar refractivity (Wildman–Crippen MR) is 96.3 cm³/mol. The highest BCUT2D eigenvalue weighted by Crippen LogP contribution is 2.34. The van der Waals surface area contributed by atoms with Gasteiger partial charge in [-0.05, 0) is 18.6 Å². The van der Waals surface area contributed by atoms with Gasteiger partial charge in [-0.1, -0.05) is 0 Å². The lowest BCUT2D eigenvalue weighted by Gasteiger charge is -2.22. The molecule has 0 aliphatic carbocycles. The summed E-state index contributed by atoms with van der Waals surface area (Å²) in [6.45, 7) is 1.80. The molecule has 10 heteroatoms. The predicted octanol–water partition coefficient (Wildman–Crippen LogP) is 0.388. The Hall–Kier alpha value is -3.43. The Morgan fingerprint density at radius 3 is 2.96 bits per heavy atom. The van der Waals surface area contributed by atoms with Crippen LogP contribution < -0.4 is 15.2 Å². The molecule has 0 saturated carbocycles. The summed E-state index contributed by atoms with van der Waals surface area (Å²) >= 11 is 0. The topological polar surface area (TPSA) is 123 Å². The van der Waals surface area contributed by atoms with Crippen molar-refractivity contribution in [1.82, 2.24) is 29.5 Å². The number of ether oxygens (including phenoxy) is 2. The van der Waals surface area contributed by atoms with Crippen molar-refractivity contribution < 1.29 is 14.3 Å². The molecule has 4 heterocycles. The first-order valence-electron chi connectivity index (χ1n) is 9.18. The van der Waals surface area contributed by atoms with Crippen LogP contribution in [-0.2, 0) is 24.2 Å². The Kier molecular flexibility index (Phi) is 3.96. The summed E-state index contributed by atoms with van der Waals surface area (Å²) in [4.78, 5) is 20.4. The quantitative estimate of drug-likeness (QED) is 0.693. The standard InChI is InChI=1S/C18H19N7O3/c19-15(26)9-16-22-18(11-3-4-24-17(7-11)20-10-21-24)25(23-16)12-1-2-13-14(8-12)28-6-5-27-13/h1-2,8,10-11H,3-7,9H2,(H2,19,26). The number of rotatable bonds is 4. The van der Waals surface area contributed by atoms with Crippen molar-refractivity contribution in [1.29, 1.82) is 0 Å². The molecule has 0 saturated heterocycles. The van der Waals surface area contributed by atoms with Crippen molar-refractivity contribution >= 4 is 5.91 Å². The Labute approximate surface area is 160 Å². The molecule has 2 aromatic heterocycles. The molecule has 0 radical (unpaired) electrons. The fourth-order valence-electron chi connectivity index (χ4n) is 3.67. The fourth-order valence-corrected chi connectivity index (χ4v) is 3.67. The second kappa shape index (κ2) is 6.63. The second-order valence-electron chi connectivity index (χ2n) is 6.86. The first-order chi connectivity index (χ1) is 13.7. The number of aromatic nitrogens is 6. The highest BCUT2D eigenvalue weighted by atomic mass is 16.6. The summed E-state index contributed by atoms with van der Waals surface area (Å²) in [5.74, 6) is 3.13. The van der Waals surface area contributed by atoms with Crippen LogP contribution in [0.1, 0.15) is 29.8 Å². The summed E-state index contributed by atoms with van der Waals surface area (Å²) in [6.07, 6.45) is 3.13. The van der Waals surface area contributed by atoms with Gasteiger partial charge in [0.25, 0.3) is 0 Å². The largest absolute Gasteiger partial charge is 0.486 e. The molecule has 1 unspecified atom stereocenters. The van der Waals surface area contributed by atoms with Crippen LogP contribution in [0.3, 0.4) is 0 Å². The third-order valence-electron chi connectivity index (χ3n) is 4.96. The van der Waals surface area contributed by atoms with E-state index in [2.05, 4.69) is 20.2 Å². The van der Waals surface area contributed by atoms with Gasteiger partial charge in [-0.3, -0.25) is 9.48 Å². The van der Waals surface area contributed by atoms with Crippen LogP contribution in [-0.4, -0.2) is 48.6 Å². The Balaban J connectivity index is 1.55. The number of hydrogen-bond donors (Lipinski definition) is 1. The van der Waals surface area contributed by atoms with Crippen LogP contribution in [0.15, 0.2) is 24.5 Å². The molecular weight excluding hydrogens is 362 g/mol. The van der Waals surface area contributed by atoms with E-state index < -0.39 is 5.91 Å². The third kappa shape index (κ3) is 2.96. The first-order valence-corrected chi connectivity index (χ1v) is 9.18. The number of nitrogens with zero attached hydrogens (tertiary/aromatic N) is 6. The Morgan fingerprint density at radius 2 is 2.11 bits per heavy atom. The van der Waals surface area contributed by atoms with Gasteiger partial charge in [-0.25, -0.2) is 14.6 Å². The van der Waals surface area contributed by atoms with Crippen molar-refractivity contribution in [2.75, 3.05) is 13.2 Å². The molecule has 0 bridgehead atoms. The normalized spacial score (nSPS) is 17.9. The average Bonchev–Trinajstić information content (AvgIpc) is 3.33. The molecule has 1 amide bonds. The molecule has 1 aromatic carbocycles. The molecule has 0 fully saturated rings.